The number of amides is 1. The zero-order valence-electron chi connectivity index (χ0n) is 10.4. The molecule has 0 N–H and O–H groups in total. The maximum absolute atomic E-state index is 12.2. The van der Waals surface area contributed by atoms with E-state index in [-0.39, 0.29) is 5.91 Å². The van der Waals surface area contributed by atoms with Gasteiger partial charge >= 0.3 is 0 Å². The summed E-state index contributed by atoms with van der Waals surface area (Å²) in [4.78, 5) is 14.2. The van der Waals surface area contributed by atoms with Crippen molar-refractivity contribution in [2.45, 2.75) is 45.6 Å². The van der Waals surface area contributed by atoms with Gasteiger partial charge in [-0.2, -0.15) is 0 Å². The van der Waals surface area contributed by atoms with Crippen LogP contribution in [-0.4, -0.2) is 36.6 Å². The van der Waals surface area contributed by atoms with Gasteiger partial charge in [-0.25, -0.2) is 0 Å². The van der Waals surface area contributed by atoms with E-state index in [1.165, 1.54) is 6.42 Å². The maximum atomic E-state index is 12.2. The fourth-order valence-corrected chi connectivity index (χ4v) is 2.09. The van der Waals surface area contributed by atoms with Crippen LogP contribution >= 0.6 is 0 Å². The molecule has 3 nitrogen and oxygen atoms in total. The average molecular weight is 213 g/mol. The average Bonchev–Trinajstić information content (AvgIpc) is 2.27. The summed E-state index contributed by atoms with van der Waals surface area (Å²) < 4.78 is 5.35. The Labute approximate surface area is 92.8 Å². The van der Waals surface area contributed by atoms with Crippen molar-refractivity contribution in [1.29, 1.82) is 0 Å². The lowest BCUT2D eigenvalue weighted by atomic mass is 9.96. The fraction of sp³-hybridized carbons (Fsp3) is 0.917. The van der Waals surface area contributed by atoms with Gasteiger partial charge in [-0.1, -0.05) is 13.8 Å². The molecule has 2 atom stereocenters. The molecular formula is C12H23NO2. The molecule has 0 aliphatic carbocycles. The number of rotatable bonds is 3. The van der Waals surface area contributed by atoms with Crippen LogP contribution in [0.5, 0.6) is 0 Å². The van der Waals surface area contributed by atoms with Gasteiger partial charge in [-0.15, -0.1) is 0 Å². The van der Waals surface area contributed by atoms with Crippen LogP contribution in [0.15, 0.2) is 0 Å². The van der Waals surface area contributed by atoms with Crippen LogP contribution in [0.25, 0.3) is 0 Å². The third kappa shape index (κ3) is 2.71. The lowest BCUT2D eigenvalue weighted by Gasteiger charge is -2.37. The molecule has 1 amide bonds. The summed E-state index contributed by atoms with van der Waals surface area (Å²) in [5.74, 6) is 0.778. The van der Waals surface area contributed by atoms with E-state index >= 15 is 0 Å². The summed E-state index contributed by atoms with van der Waals surface area (Å²) in [6.45, 7) is 7.86. The lowest BCUT2D eigenvalue weighted by molar-refractivity contribution is -0.155. The van der Waals surface area contributed by atoms with Crippen LogP contribution in [-0.2, 0) is 9.53 Å². The zero-order valence-corrected chi connectivity index (χ0v) is 10.4. The summed E-state index contributed by atoms with van der Waals surface area (Å²) in [6, 6.07) is 0. The molecule has 15 heavy (non-hydrogen) atoms. The number of carbonyl (C=O) groups is 1. The number of carbonyl (C=O) groups excluding carboxylic acids is 1. The SMILES string of the molecule is CCC(C)(OC)C(=O)N1CCCC(C)C1. The van der Waals surface area contributed by atoms with Gasteiger partial charge in [0.15, 0.2) is 0 Å². The first-order valence-electron chi connectivity index (χ1n) is 5.88. The maximum Gasteiger partial charge on any atom is 0.254 e. The van der Waals surface area contributed by atoms with Gasteiger partial charge < -0.3 is 9.64 Å². The molecule has 1 fully saturated rings. The fourth-order valence-electron chi connectivity index (χ4n) is 2.09. The van der Waals surface area contributed by atoms with Crippen molar-refractivity contribution < 1.29 is 9.53 Å². The molecule has 0 saturated carbocycles. The van der Waals surface area contributed by atoms with E-state index < -0.39 is 5.60 Å². The lowest BCUT2D eigenvalue weighted by Crippen LogP contribution is -2.51. The second-order valence-electron chi connectivity index (χ2n) is 4.79. The Balaban J connectivity index is 2.66. The number of likely N-dealkylation sites (tertiary alicyclic amines) is 1. The summed E-state index contributed by atoms with van der Waals surface area (Å²) >= 11 is 0. The van der Waals surface area contributed by atoms with E-state index in [9.17, 15) is 4.79 Å². The quantitative estimate of drug-likeness (QED) is 0.718. The first-order chi connectivity index (χ1) is 7.03. The van der Waals surface area contributed by atoms with E-state index in [1.807, 2.05) is 18.7 Å². The first-order valence-corrected chi connectivity index (χ1v) is 5.88. The highest BCUT2D eigenvalue weighted by Crippen LogP contribution is 2.22. The Morgan fingerprint density at radius 3 is 2.73 bits per heavy atom. The second kappa shape index (κ2) is 4.97. The molecule has 1 saturated heterocycles. The van der Waals surface area contributed by atoms with Crippen LogP contribution in [0.2, 0.25) is 0 Å². The summed E-state index contributed by atoms with van der Waals surface area (Å²) in [5.41, 5.74) is -0.628. The van der Waals surface area contributed by atoms with Crippen LogP contribution < -0.4 is 0 Å². The van der Waals surface area contributed by atoms with Gasteiger partial charge in [-0.3, -0.25) is 4.79 Å². The van der Waals surface area contributed by atoms with Crippen molar-refractivity contribution in [3.8, 4) is 0 Å². The minimum atomic E-state index is -0.628. The van der Waals surface area contributed by atoms with Crippen LogP contribution in [0, 0.1) is 5.92 Å². The van der Waals surface area contributed by atoms with E-state index in [1.54, 1.807) is 7.11 Å². The molecule has 1 heterocycles. The highest BCUT2D eigenvalue weighted by molar-refractivity contribution is 5.84. The summed E-state index contributed by atoms with van der Waals surface area (Å²) in [5, 5.41) is 0. The van der Waals surface area contributed by atoms with E-state index in [0.29, 0.717) is 5.92 Å². The molecule has 0 bridgehead atoms. The van der Waals surface area contributed by atoms with Crippen molar-refractivity contribution in [2.75, 3.05) is 20.2 Å². The standard InChI is InChI=1S/C12H23NO2/c1-5-12(3,15-4)11(14)13-8-6-7-10(2)9-13/h10H,5-9H2,1-4H3. The molecule has 1 rings (SSSR count). The molecule has 0 aromatic rings. The van der Waals surface area contributed by atoms with Crippen LogP contribution in [0.3, 0.4) is 0 Å². The molecule has 88 valence electrons. The van der Waals surface area contributed by atoms with Crippen molar-refractivity contribution in [3.05, 3.63) is 0 Å². The van der Waals surface area contributed by atoms with Gasteiger partial charge in [0.05, 0.1) is 0 Å². The monoisotopic (exact) mass is 213 g/mol. The molecular weight excluding hydrogens is 190 g/mol. The molecule has 3 heteroatoms. The molecule has 0 spiro atoms. The Kier molecular flexibility index (Phi) is 4.14. The largest absolute Gasteiger partial charge is 0.369 e. The number of hydrogen-bond acceptors (Lipinski definition) is 2. The van der Waals surface area contributed by atoms with Crippen molar-refractivity contribution in [2.24, 2.45) is 5.92 Å². The van der Waals surface area contributed by atoms with E-state index in [0.717, 1.165) is 25.9 Å². The van der Waals surface area contributed by atoms with Crippen molar-refractivity contribution in [3.63, 3.8) is 0 Å². The van der Waals surface area contributed by atoms with Gasteiger partial charge in [0, 0.05) is 20.2 Å². The second-order valence-corrected chi connectivity index (χ2v) is 4.79. The summed E-state index contributed by atoms with van der Waals surface area (Å²) in [6.07, 6.45) is 3.09. The van der Waals surface area contributed by atoms with Crippen LogP contribution in [0.1, 0.15) is 40.0 Å². The van der Waals surface area contributed by atoms with Crippen molar-refractivity contribution >= 4 is 5.91 Å². The third-order valence-electron chi connectivity index (χ3n) is 3.52. The Morgan fingerprint density at radius 2 is 2.27 bits per heavy atom. The van der Waals surface area contributed by atoms with Crippen LogP contribution in [0.4, 0.5) is 0 Å². The van der Waals surface area contributed by atoms with Gasteiger partial charge in [0.25, 0.3) is 5.91 Å². The molecule has 1 aliphatic heterocycles. The minimum absolute atomic E-state index is 0.152. The van der Waals surface area contributed by atoms with E-state index in [2.05, 4.69) is 6.92 Å². The Bertz CT molecular complexity index is 224. The molecule has 0 aromatic heterocycles. The highest BCUT2D eigenvalue weighted by Gasteiger charge is 2.36. The smallest absolute Gasteiger partial charge is 0.254 e. The topological polar surface area (TPSA) is 29.5 Å². The first kappa shape index (κ1) is 12.5. The number of methoxy groups -OCH3 is 1. The van der Waals surface area contributed by atoms with Gasteiger partial charge in [0.1, 0.15) is 5.60 Å². The number of ether oxygens (including phenoxy) is 1. The molecule has 1 aliphatic rings. The highest BCUT2D eigenvalue weighted by atomic mass is 16.5. The molecule has 0 radical (unpaired) electrons. The Morgan fingerprint density at radius 1 is 1.60 bits per heavy atom. The van der Waals surface area contributed by atoms with Gasteiger partial charge in [0.2, 0.25) is 0 Å². The number of piperidine rings is 1. The number of nitrogens with zero attached hydrogens (tertiary/aromatic N) is 1. The molecule has 2 unspecified atom stereocenters. The van der Waals surface area contributed by atoms with Crippen molar-refractivity contribution in [1.82, 2.24) is 4.90 Å². The van der Waals surface area contributed by atoms with E-state index in [4.69, 9.17) is 4.74 Å². The number of hydrogen-bond donors (Lipinski definition) is 0. The predicted octanol–water partition coefficient (Wildman–Crippen LogP) is 2.06. The van der Waals surface area contributed by atoms with Gasteiger partial charge in [-0.05, 0) is 32.1 Å². The minimum Gasteiger partial charge on any atom is -0.369 e. The summed E-state index contributed by atoms with van der Waals surface area (Å²) in [7, 11) is 1.62. The predicted molar refractivity (Wildman–Crippen MR) is 60.7 cm³/mol. The normalized spacial score (nSPS) is 26.1. The third-order valence-corrected chi connectivity index (χ3v) is 3.52. The zero-order chi connectivity index (χ0) is 11.5. The molecule has 0 aromatic carbocycles. The Hall–Kier alpha value is -0.570.